The molecule has 0 bridgehead atoms. The molecule has 1 fully saturated rings. The summed E-state index contributed by atoms with van der Waals surface area (Å²) in [4.78, 5) is 2.09. The fourth-order valence-electron chi connectivity index (χ4n) is 2.26. The second-order valence-electron chi connectivity index (χ2n) is 4.56. The van der Waals surface area contributed by atoms with Gasteiger partial charge in [0, 0.05) is 36.3 Å². The van der Waals surface area contributed by atoms with Crippen molar-refractivity contribution < 1.29 is 9.50 Å². The van der Waals surface area contributed by atoms with E-state index in [0.29, 0.717) is 17.1 Å². The number of benzene rings is 1. The third-order valence-electron chi connectivity index (χ3n) is 3.33. The van der Waals surface area contributed by atoms with Gasteiger partial charge in [-0.1, -0.05) is 17.7 Å². The SMILES string of the molecule is OCC1CNCCCN1Cc1c(F)cccc1Cl. The third kappa shape index (κ3) is 3.20. The van der Waals surface area contributed by atoms with Gasteiger partial charge in [0.1, 0.15) is 5.82 Å². The van der Waals surface area contributed by atoms with Crippen LogP contribution in [0.2, 0.25) is 5.02 Å². The number of hydrogen-bond donors (Lipinski definition) is 2. The van der Waals surface area contributed by atoms with Gasteiger partial charge in [0.2, 0.25) is 0 Å². The van der Waals surface area contributed by atoms with Gasteiger partial charge in [-0.05, 0) is 25.1 Å². The highest BCUT2D eigenvalue weighted by Crippen LogP contribution is 2.22. The van der Waals surface area contributed by atoms with Gasteiger partial charge in [0.25, 0.3) is 0 Å². The van der Waals surface area contributed by atoms with Gasteiger partial charge >= 0.3 is 0 Å². The van der Waals surface area contributed by atoms with E-state index >= 15 is 0 Å². The van der Waals surface area contributed by atoms with Gasteiger partial charge in [-0.25, -0.2) is 4.39 Å². The van der Waals surface area contributed by atoms with Crippen LogP contribution < -0.4 is 5.32 Å². The molecule has 0 amide bonds. The van der Waals surface area contributed by atoms with E-state index in [4.69, 9.17) is 11.6 Å². The average Bonchev–Trinajstić information content (AvgIpc) is 2.59. The molecule has 0 radical (unpaired) electrons. The highest BCUT2D eigenvalue weighted by Gasteiger charge is 2.22. The molecule has 1 aliphatic rings. The Morgan fingerprint density at radius 1 is 1.50 bits per heavy atom. The van der Waals surface area contributed by atoms with Gasteiger partial charge in [-0.2, -0.15) is 0 Å². The van der Waals surface area contributed by atoms with Crippen molar-refractivity contribution in [1.29, 1.82) is 0 Å². The van der Waals surface area contributed by atoms with Crippen molar-refractivity contribution in [3.63, 3.8) is 0 Å². The average molecular weight is 273 g/mol. The topological polar surface area (TPSA) is 35.5 Å². The van der Waals surface area contributed by atoms with Crippen LogP contribution in [0.15, 0.2) is 18.2 Å². The van der Waals surface area contributed by atoms with Gasteiger partial charge < -0.3 is 10.4 Å². The summed E-state index contributed by atoms with van der Waals surface area (Å²) in [7, 11) is 0. The molecule has 2 rings (SSSR count). The zero-order valence-corrected chi connectivity index (χ0v) is 11.0. The van der Waals surface area contributed by atoms with Crippen LogP contribution in [0, 0.1) is 5.82 Å². The summed E-state index contributed by atoms with van der Waals surface area (Å²) >= 11 is 6.04. The molecule has 0 aliphatic carbocycles. The summed E-state index contributed by atoms with van der Waals surface area (Å²) in [5, 5.41) is 13.1. The lowest BCUT2D eigenvalue weighted by Gasteiger charge is -2.28. The lowest BCUT2D eigenvalue weighted by molar-refractivity contribution is 0.125. The highest BCUT2D eigenvalue weighted by atomic mass is 35.5. The summed E-state index contributed by atoms with van der Waals surface area (Å²) in [5.74, 6) is -0.281. The fourth-order valence-corrected chi connectivity index (χ4v) is 2.48. The number of nitrogens with one attached hydrogen (secondary N) is 1. The monoisotopic (exact) mass is 272 g/mol. The van der Waals surface area contributed by atoms with E-state index < -0.39 is 0 Å². The van der Waals surface area contributed by atoms with Crippen molar-refractivity contribution in [1.82, 2.24) is 10.2 Å². The van der Waals surface area contributed by atoms with Crippen molar-refractivity contribution in [3.05, 3.63) is 34.6 Å². The van der Waals surface area contributed by atoms with Crippen molar-refractivity contribution in [3.8, 4) is 0 Å². The minimum Gasteiger partial charge on any atom is -0.395 e. The molecule has 100 valence electrons. The lowest BCUT2D eigenvalue weighted by Crippen LogP contribution is -2.42. The number of rotatable bonds is 3. The minimum absolute atomic E-state index is 0.0168. The van der Waals surface area contributed by atoms with Crippen LogP contribution >= 0.6 is 11.6 Å². The van der Waals surface area contributed by atoms with Gasteiger partial charge in [0.15, 0.2) is 0 Å². The van der Waals surface area contributed by atoms with Crippen LogP contribution in [-0.4, -0.2) is 42.3 Å². The molecule has 1 aromatic rings. The van der Waals surface area contributed by atoms with Crippen molar-refractivity contribution in [2.75, 3.05) is 26.2 Å². The first-order valence-electron chi connectivity index (χ1n) is 6.21. The van der Waals surface area contributed by atoms with Crippen molar-refractivity contribution >= 4 is 11.6 Å². The van der Waals surface area contributed by atoms with E-state index in [1.54, 1.807) is 12.1 Å². The molecule has 1 unspecified atom stereocenters. The van der Waals surface area contributed by atoms with E-state index in [1.165, 1.54) is 6.07 Å². The molecule has 1 aliphatic heterocycles. The molecule has 0 aromatic heterocycles. The zero-order valence-electron chi connectivity index (χ0n) is 10.2. The summed E-state index contributed by atoms with van der Waals surface area (Å²) in [5.41, 5.74) is 0.513. The Morgan fingerprint density at radius 2 is 2.33 bits per heavy atom. The smallest absolute Gasteiger partial charge is 0.129 e. The lowest BCUT2D eigenvalue weighted by atomic mass is 10.1. The number of aliphatic hydroxyl groups is 1. The molecule has 0 spiro atoms. The fraction of sp³-hybridized carbons (Fsp3) is 0.538. The van der Waals surface area contributed by atoms with Crippen LogP contribution in [0.25, 0.3) is 0 Å². The first-order chi connectivity index (χ1) is 8.72. The Bertz CT molecular complexity index is 382. The molecule has 3 nitrogen and oxygen atoms in total. The Hall–Kier alpha value is -0.680. The van der Waals surface area contributed by atoms with E-state index in [1.807, 2.05) is 0 Å². The largest absolute Gasteiger partial charge is 0.395 e. The maximum Gasteiger partial charge on any atom is 0.129 e. The Morgan fingerprint density at radius 3 is 3.06 bits per heavy atom. The maximum absolute atomic E-state index is 13.7. The molecule has 18 heavy (non-hydrogen) atoms. The molecule has 0 saturated carbocycles. The summed E-state index contributed by atoms with van der Waals surface area (Å²) in [6.45, 7) is 3.00. The Balaban J connectivity index is 2.15. The molecular weight excluding hydrogens is 255 g/mol. The van der Waals surface area contributed by atoms with E-state index in [0.717, 1.165) is 26.1 Å². The molecule has 1 saturated heterocycles. The summed E-state index contributed by atoms with van der Waals surface area (Å²) in [6.07, 6.45) is 0.989. The second kappa shape index (κ2) is 6.48. The quantitative estimate of drug-likeness (QED) is 0.878. The third-order valence-corrected chi connectivity index (χ3v) is 3.68. The van der Waals surface area contributed by atoms with Gasteiger partial charge in [0.05, 0.1) is 6.61 Å². The van der Waals surface area contributed by atoms with Gasteiger partial charge in [-0.3, -0.25) is 4.90 Å². The molecule has 5 heteroatoms. The van der Waals surface area contributed by atoms with Crippen LogP contribution in [0.4, 0.5) is 4.39 Å². The molecule has 1 heterocycles. The van der Waals surface area contributed by atoms with Crippen LogP contribution in [0.1, 0.15) is 12.0 Å². The number of hydrogen-bond acceptors (Lipinski definition) is 3. The molecule has 2 N–H and O–H groups in total. The standard InChI is InChI=1S/C13H18ClFN2O/c14-12-3-1-4-13(15)11(12)8-17-6-2-5-16-7-10(17)9-18/h1,3-4,10,16,18H,2,5-9H2. The summed E-state index contributed by atoms with van der Waals surface area (Å²) < 4.78 is 13.7. The number of nitrogens with zero attached hydrogens (tertiary/aromatic N) is 1. The first-order valence-corrected chi connectivity index (χ1v) is 6.58. The predicted octanol–water partition coefficient (Wildman–Crippen LogP) is 1.64. The molecule has 1 atom stereocenters. The molecular formula is C13H18ClFN2O. The number of halogens is 2. The van der Waals surface area contributed by atoms with Crippen molar-refractivity contribution in [2.45, 2.75) is 19.0 Å². The van der Waals surface area contributed by atoms with E-state index in [2.05, 4.69) is 10.2 Å². The Labute approximate surface area is 112 Å². The first kappa shape index (κ1) is 13.7. The van der Waals surface area contributed by atoms with Gasteiger partial charge in [-0.15, -0.1) is 0 Å². The van der Waals surface area contributed by atoms with Crippen LogP contribution in [-0.2, 0) is 6.54 Å². The highest BCUT2D eigenvalue weighted by molar-refractivity contribution is 6.31. The normalized spacial score (nSPS) is 21.8. The van der Waals surface area contributed by atoms with E-state index in [-0.39, 0.29) is 18.5 Å². The molecule has 1 aromatic carbocycles. The van der Waals surface area contributed by atoms with Crippen LogP contribution in [0.5, 0.6) is 0 Å². The van der Waals surface area contributed by atoms with E-state index in [9.17, 15) is 9.50 Å². The minimum atomic E-state index is -0.281. The Kier molecular flexibility index (Phi) is 4.95. The van der Waals surface area contributed by atoms with Crippen molar-refractivity contribution in [2.24, 2.45) is 0 Å². The zero-order chi connectivity index (χ0) is 13.0. The summed E-state index contributed by atoms with van der Waals surface area (Å²) in [6, 6.07) is 4.74. The number of aliphatic hydroxyl groups excluding tert-OH is 1. The van der Waals surface area contributed by atoms with Crippen LogP contribution in [0.3, 0.4) is 0 Å². The second-order valence-corrected chi connectivity index (χ2v) is 4.97. The predicted molar refractivity (Wildman–Crippen MR) is 70.2 cm³/mol. The maximum atomic E-state index is 13.7.